The third-order valence-electron chi connectivity index (χ3n) is 3.55. The molecule has 1 saturated carbocycles. The van der Waals surface area contributed by atoms with Crippen LogP contribution in [0.5, 0.6) is 5.75 Å². The molecule has 5 heteroatoms. The molecule has 0 unspecified atom stereocenters. The molecule has 0 bridgehead atoms. The van der Waals surface area contributed by atoms with Crippen LogP contribution >= 0.6 is 11.9 Å². The highest BCUT2D eigenvalue weighted by Gasteiger charge is 2.20. The molecular formula is C22H29NO3S. The molecule has 2 aromatic carbocycles. The van der Waals surface area contributed by atoms with Crippen LogP contribution in [-0.2, 0) is 4.74 Å². The molecule has 0 saturated heterocycles. The summed E-state index contributed by atoms with van der Waals surface area (Å²) in [6.07, 6.45) is 2.02. The predicted octanol–water partition coefficient (Wildman–Crippen LogP) is 6.06. The molecule has 146 valence electrons. The highest BCUT2D eigenvalue weighted by Crippen LogP contribution is 2.25. The molecule has 1 aliphatic rings. The Bertz CT molecular complexity index is 717. The molecule has 3 rings (SSSR count). The summed E-state index contributed by atoms with van der Waals surface area (Å²) in [4.78, 5) is 12.6. The first-order valence-electron chi connectivity index (χ1n) is 9.18. The van der Waals surface area contributed by atoms with Crippen molar-refractivity contribution in [3.8, 4) is 5.75 Å². The average molecular weight is 388 g/mol. The number of hydrogen-bond acceptors (Lipinski definition) is 5. The third-order valence-corrected chi connectivity index (χ3v) is 4.51. The van der Waals surface area contributed by atoms with Crippen LogP contribution in [0, 0.1) is 13.8 Å². The second-order valence-electron chi connectivity index (χ2n) is 7.69. The Balaban J connectivity index is 0.000000198. The molecule has 0 aromatic heterocycles. The van der Waals surface area contributed by atoms with Crippen LogP contribution in [0.2, 0.25) is 0 Å². The van der Waals surface area contributed by atoms with Gasteiger partial charge >= 0.3 is 6.16 Å². The van der Waals surface area contributed by atoms with Gasteiger partial charge in [0.1, 0.15) is 11.4 Å². The maximum atomic E-state index is 11.3. The fraction of sp³-hybridized carbons (Fsp3) is 0.409. The molecule has 0 aliphatic heterocycles. The van der Waals surface area contributed by atoms with Gasteiger partial charge in [0.05, 0.1) is 0 Å². The van der Waals surface area contributed by atoms with Crippen molar-refractivity contribution in [3.63, 3.8) is 0 Å². The molecule has 4 nitrogen and oxygen atoms in total. The number of rotatable bonds is 4. The van der Waals surface area contributed by atoms with Gasteiger partial charge in [0.15, 0.2) is 0 Å². The highest BCUT2D eigenvalue weighted by atomic mass is 32.2. The molecule has 0 amide bonds. The Kier molecular flexibility index (Phi) is 7.75. The minimum absolute atomic E-state index is 0.495. The minimum Gasteiger partial charge on any atom is -0.428 e. The number of hydrogen-bond donors (Lipinski definition) is 1. The Hall–Kier alpha value is -1.98. The van der Waals surface area contributed by atoms with Crippen molar-refractivity contribution in [3.05, 3.63) is 59.7 Å². The minimum atomic E-state index is -0.675. The van der Waals surface area contributed by atoms with E-state index in [2.05, 4.69) is 35.9 Å². The van der Waals surface area contributed by atoms with Crippen LogP contribution in [0.15, 0.2) is 53.4 Å². The summed E-state index contributed by atoms with van der Waals surface area (Å²) in [7, 11) is 0. The Morgan fingerprint density at radius 2 is 1.48 bits per heavy atom. The molecule has 1 fully saturated rings. The van der Waals surface area contributed by atoms with Gasteiger partial charge in [0, 0.05) is 10.9 Å². The van der Waals surface area contributed by atoms with E-state index < -0.39 is 11.8 Å². The quantitative estimate of drug-likeness (QED) is 0.392. The molecule has 1 N–H and O–H groups in total. The van der Waals surface area contributed by atoms with Crippen LogP contribution in [0.1, 0.15) is 44.7 Å². The normalized spacial score (nSPS) is 13.4. The zero-order chi connectivity index (χ0) is 19.9. The molecule has 0 atom stereocenters. The number of benzene rings is 2. The van der Waals surface area contributed by atoms with Crippen molar-refractivity contribution >= 4 is 18.1 Å². The van der Waals surface area contributed by atoms with Crippen LogP contribution in [0.4, 0.5) is 4.79 Å². The fourth-order valence-corrected chi connectivity index (χ4v) is 2.74. The predicted molar refractivity (Wildman–Crippen MR) is 111 cm³/mol. The van der Waals surface area contributed by atoms with E-state index >= 15 is 0 Å². The van der Waals surface area contributed by atoms with Gasteiger partial charge in [0.25, 0.3) is 0 Å². The summed E-state index contributed by atoms with van der Waals surface area (Å²) < 4.78 is 13.4. The van der Waals surface area contributed by atoms with E-state index in [9.17, 15) is 4.79 Å². The van der Waals surface area contributed by atoms with Crippen molar-refractivity contribution in [1.82, 2.24) is 4.72 Å². The number of aryl methyl sites for hydroxylation is 2. The van der Waals surface area contributed by atoms with Gasteiger partial charge in [-0.05, 0) is 83.7 Å². The standard InChI is InChI=1S/C12H16O3.C10H13NS/c1-9-5-7-10(8-6-9)14-11(13)15-12(2,3)4;1-8-2-6-10(7-3-8)12-11-9-4-5-9/h5-8H,1-4H3;2-3,6-7,9,11H,4-5H2,1H3. The van der Waals surface area contributed by atoms with E-state index in [0.717, 1.165) is 11.6 Å². The second kappa shape index (κ2) is 9.81. The molecule has 1 aliphatic carbocycles. The summed E-state index contributed by atoms with van der Waals surface area (Å²) in [5.74, 6) is 0.495. The van der Waals surface area contributed by atoms with Crippen LogP contribution in [0.3, 0.4) is 0 Å². The molecule has 27 heavy (non-hydrogen) atoms. The van der Waals surface area contributed by atoms with Crippen LogP contribution in [-0.4, -0.2) is 17.8 Å². The van der Waals surface area contributed by atoms with Gasteiger partial charge in [-0.25, -0.2) is 4.79 Å². The van der Waals surface area contributed by atoms with Gasteiger partial charge in [-0.2, -0.15) is 0 Å². The fourth-order valence-electron chi connectivity index (χ4n) is 1.93. The van der Waals surface area contributed by atoms with Crippen LogP contribution < -0.4 is 9.46 Å². The van der Waals surface area contributed by atoms with Crippen molar-refractivity contribution in [2.45, 2.75) is 64.0 Å². The zero-order valence-corrected chi connectivity index (χ0v) is 17.6. The third kappa shape index (κ3) is 9.50. The maximum absolute atomic E-state index is 11.3. The van der Waals surface area contributed by atoms with Gasteiger partial charge in [-0.1, -0.05) is 35.4 Å². The Morgan fingerprint density at radius 1 is 0.963 bits per heavy atom. The lowest BCUT2D eigenvalue weighted by Gasteiger charge is -2.18. The summed E-state index contributed by atoms with van der Waals surface area (Å²) in [5.41, 5.74) is 1.92. The van der Waals surface area contributed by atoms with E-state index in [1.165, 1.54) is 23.3 Å². The number of ether oxygens (including phenoxy) is 2. The Morgan fingerprint density at radius 3 is 1.96 bits per heavy atom. The van der Waals surface area contributed by atoms with Gasteiger partial charge in [-0.3, -0.25) is 4.72 Å². The largest absolute Gasteiger partial charge is 0.514 e. The SMILES string of the molecule is Cc1ccc(OC(=O)OC(C)(C)C)cc1.Cc1ccc(SNC2CC2)cc1. The maximum Gasteiger partial charge on any atom is 0.514 e. The number of nitrogens with one attached hydrogen (secondary N) is 1. The number of carbonyl (C=O) groups is 1. The highest BCUT2D eigenvalue weighted by molar-refractivity contribution is 7.97. The summed E-state index contributed by atoms with van der Waals surface area (Å²) in [6.45, 7) is 9.47. The molecule has 2 aromatic rings. The summed E-state index contributed by atoms with van der Waals surface area (Å²) >= 11 is 1.75. The first-order chi connectivity index (χ1) is 12.7. The first kappa shape index (κ1) is 21.3. The lowest BCUT2D eigenvalue weighted by atomic mass is 10.2. The van der Waals surface area contributed by atoms with Gasteiger partial charge < -0.3 is 9.47 Å². The first-order valence-corrected chi connectivity index (χ1v) is 9.99. The smallest absolute Gasteiger partial charge is 0.428 e. The van der Waals surface area contributed by atoms with Crippen molar-refractivity contribution in [2.24, 2.45) is 0 Å². The Labute approximate surface area is 166 Å². The lowest BCUT2D eigenvalue weighted by Crippen LogP contribution is -2.25. The van der Waals surface area contributed by atoms with Gasteiger partial charge in [0.2, 0.25) is 0 Å². The van der Waals surface area contributed by atoms with Crippen molar-refractivity contribution < 1.29 is 14.3 Å². The van der Waals surface area contributed by atoms with E-state index in [0.29, 0.717) is 5.75 Å². The van der Waals surface area contributed by atoms with E-state index in [4.69, 9.17) is 9.47 Å². The molecule has 0 spiro atoms. The second-order valence-corrected chi connectivity index (χ2v) is 8.60. The van der Waals surface area contributed by atoms with E-state index in [1.807, 2.05) is 19.1 Å². The molecule has 0 radical (unpaired) electrons. The van der Waals surface area contributed by atoms with Crippen molar-refractivity contribution in [1.29, 1.82) is 0 Å². The summed E-state index contributed by atoms with van der Waals surface area (Å²) in [5, 5.41) is 0. The van der Waals surface area contributed by atoms with Gasteiger partial charge in [-0.15, -0.1) is 0 Å². The topological polar surface area (TPSA) is 47.6 Å². The van der Waals surface area contributed by atoms with Crippen LogP contribution in [0.25, 0.3) is 0 Å². The molecule has 0 heterocycles. The lowest BCUT2D eigenvalue weighted by molar-refractivity contribution is 0.0206. The van der Waals surface area contributed by atoms with Crippen molar-refractivity contribution in [2.75, 3.05) is 0 Å². The monoisotopic (exact) mass is 387 g/mol. The zero-order valence-electron chi connectivity index (χ0n) is 16.7. The average Bonchev–Trinajstić information content (AvgIpc) is 3.40. The van der Waals surface area contributed by atoms with E-state index in [-0.39, 0.29) is 0 Å². The molecular weight excluding hydrogens is 358 g/mol. The number of carbonyl (C=O) groups excluding carboxylic acids is 1. The summed E-state index contributed by atoms with van der Waals surface area (Å²) in [6, 6.07) is 16.6. The van der Waals surface area contributed by atoms with E-state index in [1.54, 1.807) is 44.9 Å².